The van der Waals surface area contributed by atoms with Crippen LogP contribution in [0.3, 0.4) is 0 Å². The molecule has 2 aromatic rings. The fraction of sp³-hybridized carbons (Fsp3) is 0.500. The van der Waals surface area contributed by atoms with E-state index in [1.807, 2.05) is 17.3 Å². The minimum atomic E-state index is 0.0585. The lowest BCUT2D eigenvalue weighted by Crippen LogP contribution is -2.38. The maximum absolute atomic E-state index is 12.7. The van der Waals surface area contributed by atoms with Crippen LogP contribution in [0.15, 0.2) is 29.6 Å². The fourth-order valence-electron chi connectivity index (χ4n) is 3.33. The normalized spacial score (nSPS) is 15.7. The van der Waals surface area contributed by atoms with Gasteiger partial charge in [-0.1, -0.05) is 57.4 Å². The molecule has 1 aromatic heterocycles. The van der Waals surface area contributed by atoms with Gasteiger partial charge in [0, 0.05) is 24.0 Å². The van der Waals surface area contributed by atoms with E-state index in [1.54, 1.807) is 11.3 Å². The zero-order valence-electron chi connectivity index (χ0n) is 14.8. The number of hydrogen-bond donors (Lipinski definition) is 0. The second kappa shape index (κ2) is 7.47. The molecule has 0 saturated heterocycles. The molecule has 0 aliphatic heterocycles. The van der Waals surface area contributed by atoms with Gasteiger partial charge < -0.3 is 4.90 Å². The number of amides is 1. The molecule has 4 heteroatoms. The molecule has 1 amide bonds. The Morgan fingerprint density at radius 3 is 2.46 bits per heavy atom. The summed E-state index contributed by atoms with van der Waals surface area (Å²) in [6, 6.07) is 8.89. The largest absolute Gasteiger partial charge is 0.337 e. The first-order valence-electron chi connectivity index (χ1n) is 8.89. The van der Waals surface area contributed by atoms with Crippen LogP contribution in [-0.2, 0) is 0 Å². The number of rotatable bonds is 4. The van der Waals surface area contributed by atoms with Gasteiger partial charge in [-0.2, -0.15) is 0 Å². The van der Waals surface area contributed by atoms with Crippen molar-refractivity contribution in [3.05, 3.63) is 40.9 Å². The number of carbonyl (C=O) groups is 1. The molecule has 3 nitrogen and oxygen atoms in total. The van der Waals surface area contributed by atoms with Gasteiger partial charge in [-0.25, -0.2) is 4.98 Å². The summed E-state index contributed by atoms with van der Waals surface area (Å²) in [6.07, 6.45) is 6.00. The summed E-state index contributed by atoms with van der Waals surface area (Å²) in [7, 11) is 1.93. The highest BCUT2D eigenvalue weighted by atomic mass is 32.1. The van der Waals surface area contributed by atoms with Crippen LogP contribution in [0.25, 0.3) is 10.6 Å². The molecule has 128 valence electrons. The van der Waals surface area contributed by atoms with Crippen molar-refractivity contribution in [3.63, 3.8) is 0 Å². The Labute approximate surface area is 148 Å². The second-order valence-electron chi connectivity index (χ2n) is 7.02. The summed E-state index contributed by atoms with van der Waals surface area (Å²) >= 11 is 1.55. The van der Waals surface area contributed by atoms with Crippen LogP contribution in [0.5, 0.6) is 0 Å². The maximum atomic E-state index is 12.7. The van der Waals surface area contributed by atoms with Gasteiger partial charge in [0.2, 0.25) is 0 Å². The van der Waals surface area contributed by atoms with Crippen molar-refractivity contribution in [2.24, 2.45) is 0 Å². The third-order valence-electron chi connectivity index (χ3n) is 4.99. The summed E-state index contributed by atoms with van der Waals surface area (Å²) in [5, 5.41) is 2.82. The third kappa shape index (κ3) is 3.69. The molecule has 0 bridgehead atoms. The molecule has 0 spiro atoms. The van der Waals surface area contributed by atoms with Gasteiger partial charge in [0.15, 0.2) is 0 Å². The second-order valence-corrected chi connectivity index (χ2v) is 7.88. The molecular weight excluding hydrogens is 316 g/mol. The summed E-state index contributed by atoms with van der Waals surface area (Å²) in [4.78, 5) is 19.2. The third-order valence-corrected chi connectivity index (χ3v) is 5.88. The molecule has 0 N–H and O–H groups in total. The SMILES string of the molecule is CC(C)c1ccc(-c2nc(C(=O)N(C)C3CCCCC3)cs2)cc1. The predicted molar refractivity (Wildman–Crippen MR) is 101 cm³/mol. The molecule has 3 rings (SSSR count). The van der Waals surface area contributed by atoms with E-state index >= 15 is 0 Å². The minimum absolute atomic E-state index is 0.0585. The quantitative estimate of drug-likeness (QED) is 0.751. The summed E-state index contributed by atoms with van der Waals surface area (Å²) in [6.45, 7) is 4.38. The first-order chi connectivity index (χ1) is 11.6. The minimum Gasteiger partial charge on any atom is -0.337 e. The van der Waals surface area contributed by atoms with Crippen molar-refractivity contribution in [3.8, 4) is 10.6 Å². The van der Waals surface area contributed by atoms with Crippen molar-refractivity contribution >= 4 is 17.2 Å². The van der Waals surface area contributed by atoms with Crippen molar-refractivity contribution in [1.29, 1.82) is 0 Å². The first-order valence-corrected chi connectivity index (χ1v) is 9.77. The van der Waals surface area contributed by atoms with E-state index < -0.39 is 0 Å². The summed E-state index contributed by atoms with van der Waals surface area (Å²) in [5.41, 5.74) is 2.99. The standard InChI is InChI=1S/C20H26N2OS/c1-14(2)15-9-11-16(12-10-15)19-21-18(13-24-19)20(23)22(3)17-7-5-4-6-8-17/h9-14,17H,4-8H2,1-3H3. The van der Waals surface area contributed by atoms with Crippen molar-refractivity contribution in [1.82, 2.24) is 9.88 Å². The van der Waals surface area contributed by atoms with Crippen molar-refractivity contribution < 1.29 is 4.79 Å². The monoisotopic (exact) mass is 342 g/mol. The van der Waals surface area contributed by atoms with Gasteiger partial charge in [0.25, 0.3) is 5.91 Å². The predicted octanol–water partition coefficient (Wildman–Crippen LogP) is 5.34. The van der Waals surface area contributed by atoms with E-state index in [4.69, 9.17) is 0 Å². The van der Waals surface area contributed by atoms with E-state index in [9.17, 15) is 4.79 Å². The topological polar surface area (TPSA) is 33.2 Å². The van der Waals surface area contributed by atoms with Gasteiger partial charge in [0.05, 0.1) is 0 Å². The van der Waals surface area contributed by atoms with Gasteiger partial charge in [-0.3, -0.25) is 4.79 Å². The van der Waals surface area contributed by atoms with Crippen LogP contribution >= 0.6 is 11.3 Å². The van der Waals surface area contributed by atoms with Crippen LogP contribution in [0.4, 0.5) is 0 Å². The highest BCUT2D eigenvalue weighted by Crippen LogP contribution is 2.27. The average molecular weight is 343 g/mol. The number of thiazole rings is 1. The number of carbonyl (C=O) groups excluding carboxylic acids is 1. The lowest BCUT2D eigenvalue weighted by Gasteiger charge is -2.30. The maximum Gasteiger partial charge on any atom is 0.273 e. The van der Waals surface area contributed by atoms with E-state index in [0.717, 1.165) is 23.4 Å². The number of nitrogens with zero attached hydrogens (tertiary/aromatic N) is 2. The Morgan fingerprint density at radius 2 is 1.83 bits per heavy atom. The van der Waals surface area contributed by atoms with Gasteiger partial charge in [0.1, 0.15) is 10.7 Å². The Morgan fingerprint density at radius 1 is 1.17 bits per heavy atom. The van der Waals surface area contributed by atoms with Crippen molar-refractivity contribution in [2.75, 3.05) is 7.05 Å². The van der Waals surface area contributed by atoms with E-state index in [2.05, 4.69) is 43.1 Å². The molecule has 1 aromatic carbocycles. The first kappa shape index (κ1) is 17.2. The molecule has 1 heterocycles. The van der Waals surface area contributed by atoms with Gasteiger partial charge in [-0.05, 0) is 24.3 Å². The molecule has 0 radical (unpaired) electrons. The smallest absolute Gasteiger partial charge is 0.273 e. The van der Waals surface area contributed by atoms with Crippen LogP contribution < -0.4 is 0 Å². The number of aromatic nitrogens is 1. The molecule has 0 atom stereocenters. The fourth-order valence-corrected chi connectivity index (χ4v) is 4.13. The zero-order chi connectivity index (χ0) is 17.1. The van der Waals surface area contributed by atoms with Gasteiger partial charge in [-0.15, -0.1) is 11.3 Å². The number of benzene rings is 1. The highest BCUT2D eigenvalue weighted by molar-refractivity contribution is 7.13. The van der Waals surface area contributed by atoms with Gasteiger partial charge >= 0.3 is 0 Å². The van der Waals surface area contributed by atoms with Crippen LogP contribution in [-0.4, -0.2) is 28.9 Å². The lowest BCUT2D eigenvalue weighted by atomic mass is 9.94. The average Bonchev–Trinajstić information content (AvgIpc) is 3.11. The molecule has 0 unspecified atom stereocenters. The van der Waals surface area contributed by atoms with Crippen molar-refractivity contribution in [2.45, 2.75) is 57.9 Å². The molecule has 1 fully saturated rings. The molecule has 1 saturated carbocycles. The Bertz CT molecular complexity index is 684. The lowest BCUT2D eigenvalue weighted by molar-refractivity contribution is 0.0691. The Kier molecular flexibility index (Phi) is 5.34. The number of hydrogen-bond acceptors (Lipinski definition) is 3. The van der Waals surface area contributed by atoms with Crippen LogP contribution in [0.1, 0.15) is 67.9 Å². The molecule has 24 heavy (non-hydrogen) atoms. The molecule has 1 aliphatic rings. The van der Waals surface area contributed by atoms with Crippen LogP contribution in [0.2, 0.25) is 0 Å². The van der Waals surface area contributed by atoms with Crippen LogP contribution in [0, 0.1) is 0 Å². The zero-order valence-corrected chi connectivity index (χ0v) is 15.6. The molecule has 1 aliphatic carbocycles. The summed E-state index contributed by atoms with van der Waals surface area (Å²) < 4.78 is 0. The molecular formula is C20H26N2OS. The Balaban J connectivity index is 1.73. The highest BCUT2D eigenvalue weighted by Gasteiger charge is 2.24. The Hall–Kier alpha value is -1.68. The van der Waals surface area contributed by atoms with E-state index in [1.165, 1.54) is 24.8 Å². The summed E-state index contributed by atoms with van der Waals surface area (Å²) in [5.74, 6) is 0.583. The van der Waals surface area contributed by atoms with E-state index in [0.29, 0.717) is 17.7 Å². The van der Waals surface area contributed by atoms with E-state index in [-0.39, 0.29) is 5.91 Å².